The smallest absolute Gasteiger partial charge is 0.289 e. The Morgan fingerprint density at radius 3 is 2.87 bits per heavy atom. The minimum atomic E-state index is -3.00. The van der Waals surface area contributed by atoms with Crippen molar-refractivity contribution in [2.75, 3.05) is 18.6 Å². The van der Waals surface area contributed by atoms with Crippen molar-refractivity contribution in [3.63, 3.8) is 0 Å². The van der Waals surface area contributed by atoms with Crippen molar-refractivity contribution >= 4 is 28.5 Å². The van der Waals surface area contributed by atoms with Gasteiger partial charge in [0.1, 0.15) is 24.9 Å². The molecule has 4 rings (SSSR count). The van der Waals surface area contributed by atoms with Gasteiger partial charge in [0.15, 0.2) is 5.65 Å². The molecule has 0 fully saturated rings. The van der Waals surface area contributed by atoms with Crippen LogP contribution < -0.4 is 15.0 Å². The molecular formula is C19H18F2N6O3. The van der Waals surface area contributed by atoms with E-state index in [-0.39, 0.29) is 24.0 Å². The number of nitrogens with one attached hydrogen (secondary N) is 1. The van der Waals surface area contributed by atoms with Gasteiger partial charge in [-0.3, -0.25) is 9.59 Å². The number of anilines is 1. The summed E-state index contributed by atoms with van der Waals surface area (Å²) in [6, 6.07) is 6.04. The third kappa shape index (κ3) is 3.78. The molecule has 0 aliphatic carbocycles. The highest BCUT2D eigenvalue weighted by Gasteiger charge is 2.31. The van der Waals surface area contributed by atoms with Crippen LogP contribution in [0.25, 0.3) is 11.0 Å². The SMILES string of the molecule is CN1C(=O)[C@@H](NC(=O)c2ncc3cnn(CC(C)(F)F)c3n2)COc2ccccc21. The van der Waals surface area contributed by atoms with Crippen molar-refractivity contribution in [1.82, 2.24) is 25.1 Å². The van der Waals surface area contributed by atoms with Gasteiger partial charge in [0.2, 0.25) is 5.82 Å². The lowest BCUT2D eigenvalue weighted by Gasteiger charge is -2.20. The monoisotopic (exact) mass is 416 g/mol. The number of alkyl halides is 2. The summed E-state index contributed by atoms with van der Waals surface area (Å²) in [5.41, 5.74) is 0.686. The first-order valence-electron chi connectivity index (χ1n) is 9.09. The molecule has 0 saturated heterocycles. The molecular weight excluding hydrogens is 398 g/mol. The molecule has 0 unspecified atom stereocenters. The largest absolute Gasteiger partial charge is 0.489 e. The molecule has 1 aliphatic heterocycles. The Morgan fingerprint density at radius 1 is 1.33 bits per heavy atom. The van der Waals surface area contributed by atoms with Gasteiger partial charge in [0.25, 0.3) is 17.7 Å². The number of carbonyl (C=O) groups excluding carboxylic acids is 2. The van der Waals surface area contributed by atoms with E-state index in [9.17, 15) is 18.4 Å². The molecule has 1 aromatic carbocycles. The van der Waals surface area contributed by atoms with Gasteiger partial charge in [0, 0.05) is 20.2 Å². The Bertz CT molecular complexity index is 1130. The number of hydrogen-bond acceptors (Lipinski definition) is 6. The molecule has 11 heteroatoms. The number of carbonyl (C=O) groups is 2. The van der Waals surface area contributed by atoms with Crippen LogP contribution in [0.2, 0.25) is 0 Å². The van der Waals surface area contributed by atoms with Gasteiger partial charge >= 0.3 is 0 Å². The molecule has 1 atom stereocenters. The van der Waals surface area contributed by atoms with Crippen molar-refractivity contribution in [1.29, 1.82) is 0 Å². The summed E-state index contributed by atoms with van der Waals surface area (Å²) in [6.07, 6.45) is 2.67. The van der Waals surface area contributed by atoms with Crippen molar-refractivity contribution in [3.05, 3.63) is 42.5 Å². The maximum absolute atomic E-state index is 13.4. The van der Waals surface area contributed by atoms with E-state index in [1.54, 1.807) is 31.3 Å². The summed E-state index contributed by atoms with van der Waals surface area (Å²) < 4.78 is 33.4. The van der Waals surface area contributed by atoms with Crippen molar-refractivity contribution < 1.29 is 23.1 Å². The minimum absolute atomic E-state index is 0.0752. The molecule has 156 valence electrons. The number of amides is 2. The Kier molecular flexibility index (Phi) is 4.80. The fourth-order valence-electron chi connectivity index (χ4n) is 3.13. The van der Waals surface area contributed by atoms with Crippen LogP contribution in [0.1, 0.15) is 17.5 Å². The maximum atomic E-state index is 13.4. The van der Waals surface area contributed by atoms with E-state index in [2.05, 4.69) is 20.4 Å². The zero-order valence-electron chi connectivity index (χ0n) is 16.2. The normalized spacial score (nSPS) is 16.7. The number of benzene rings is 1. The molecule has 1 aliphatic rings. The molecule has 0 spiro atoms. The molecule has 3 aromatic rings. The standard InChI is InChI=1S/C19H18F2N6O3/c1-19(20,21)10-27-16-11(8-23-27)7-22-15(25-16)17(28)24-12-9-30-14-6-4-3-5-13(14)26(2)18(12)29/h3-8,12H,9-10H2,1-2H3,(H,24,28)/t12-/m0/s1. The summed E-state index contributed by atoms with van der Waals surface area (Å²) in [7, 11) is 1.58. The maximum Gasteiger partial charge on any atom is 0.289 e. The van der Waals surface area contributed by atoms with Crippen molar-refractivity contribution in [2.45, 2.75) is 25.4 Å². The van der Waals surface area contributed by atoms with Gasteiger partial charge in [0.05, 0.1) is 17.3 Å². The second kappa shape index (κ2) is 7.32. The predicted octanol–water partition coefficient (Wildman–Crippen LogP) is 1.64. The first-order valence-corrected chi connectivity index (χ1v) is 9.09. The lowest BCUT2D eigenvalue weighted by Crippen LogP contribution is -2.49. The summed E-state index contributed by atoms with van der Waals surface area (Å²) in [5.74, 6) is -3.84. The van der Waals surface area contributed by atoms with Crippen LogP contribution in [-0.2, 0) is 11.3 Å². The van der Waals surface area contributed by atoms with E-state index in [4.69, 9.17) is 4.74 Å². The summed E-state index contributed by atoms with van der Waals surface area (Å²) >= 11 is 0. The van der Waals surface area contributed by atoms with Gasteiger partial charge < -0.3 is 15.0 Å². The van der Waals surface area contributed by atoms with Crippen LogP contribution in [0.4, 0.5) is 14.5 Å². The van der Waals surface area contributed by atoms with E-state index in [0.717, 1.165) is 11.6 Å². The molecule has 9 nitrogen and oxygen atoms in total. The Balaban J connectivity index is 1.56. The molecule has 30 heavy (non-hydrogen) atoms. The summed E-state index contributed by atoms with van der Waals surface area (Å²) in [4.78, 5) is 34.8. The van der Waals surface area contributed by atoms with E-state index in [0.29, 0.717) is 16.8 Å². The highest BCUT2D eigenvalue weighted by Crippen LogP contribution is 2.29. The fraction of sp³-hybridized carbons (Fsp3) is 0.316. The number of ether oxygens (including phenoxy) is 1. The zero-order chi connectivity index (χ0) is 21.5. The van der Waals surface area contributed by atoms with Crippen molar-refractivity contribution in [2.24, 2.45) is 0 Å². The molecule has 2 aromatic heterocycles. The van der Waals surface area contributed by atoms with Crippen molar-refractivity contribution in [3.8, 4) is 5.75 Å². The number of halogens is 2. The van der Waals surface area contributed by atoms with Gasteiger partial charge in [-0.25, -0.2) is 23.4 Å². The van der Waals surface area contributed by atoms with E-state index in [1.807, 2.05) is 0 Å². The van der Waals surface area contributed by atoms with Crippen LogP contribution in [0.5, 0.6) is 5.75 Å². The van der Waals surface area contributed by atoms with E-state index < -0.39 is 24.4 Å². The molecule has 0 radical (unpaired) electrons. The Hall–Kier alpha value is -3.63. The number of nitrogens with zero attached hydrogens (tertiary/aromatic N) is 5. The minimum Gasteiger partial charge on any atom is -0.489 e. The molecule has 2 amide bonds. The van der Waals surface area contributed by atoms with Gasteiger partial charge in [-0.15, -0.1) is 0 Å². The Labute approximate surface area is 169 Å². The van der Waals surface area contributed by atoms with Crippen LogP contribution in [0.3, 0.4) is 0 Å². The average molecular weight is 416 g/mol. The number of likely N-dealkylation sites (N-methyl/N-ethyl adjacent to an activating group) is 1. The van der Waals surface area contributed by atoms with Gasteiger partial charge in [-0.1, -0.05) is 12.1 Å². The third-order valence-corrected chi connectivity index (χ3v) is 4.57. The number of para-hydroxylation sites is 2. The highest BCUT2D eigenvalue weighted by molar-refractivity contribution is 6.02. The number of rotatable bonds is 4. The zero-order valence-corrected chi connectivity index (χ0v) is 16.2. The van der Waals surface area contributed by atoms with Crippen LogP contribution >= 0.6 is 0 Å². The second-order valence-corrected chi connectivity index (χ2v) is 7.05. The average Bonchev–Trinajstić information content (AvgIpc) is 3.05. The van der Waals surface area contributed by atoms with Gasteiger partial charge in [-0.05, 0) is 12.1 Å². The third-order valence-electron chi connectivity index (χ3n) is 4.57. The molecule has 3 heterocycles. The number of hydrogen-bond donors (Lipinski definition) is 1. The topological polar surface area (TPSA) is 102 Å². The molecule has 1 N–H and O–H groups in total. The van der Waals surface area contributed by atoms with Crippen LogP contribution in [0.15, 0.2) is 36.7 Å². The number of aromatic nitrogens is 4. The lowest BCUT2D eigenvalue weighted by atomic mass is 10.2. The quantitative estimate of drug-likeness (QED) is 0.694. The first kappa shape index (κ1) is 19.7. The second-order valence-electron chi connectivity index (χ2n) is 7.05. The fourth-order valence-corrected chi connectivity index (χ4v) is 3.13. The van der Waals surface area contributed by atoms with Crippen LogP contribution in [0, 0.1) is 0 Å². The molecule has 0 saturated carbocycles. The summed E-state index contributed by atoms with van der Waals surface area (Å²) in [6.45, 7) is 0.00222. The van der Waals surface area contributed by atoms with E-state index in [1.165, 1.54) is 17.3 Å². The highest BCUT2D eigenvalue weighted by atomic mass is 19.3. The number of fused-ring (bicyclic) bond motifs is 2. The first-order chi connectivity index (χ1) is 14.2. The molecule has 0 bridgehead atoms. The van der Waals surface area contributed by atoms with Crippen LogP contribution in [-0.4, -0.2) is 57.2 Å². The van der Waals surface area contributed by atoms with Gasteiger partial charge in [-0.2, -0.15) is 5.10 Å². The lowest BCUT2D eigenvalue weighted by molar-refractivity contribution is -0.120. The Morgan fingerprint density at radius 2 is 2.10 bits per heavy atom. The van der Waals surface area contributed by atoms with E-state index >= 15 is 0 Å². The predicted molar refractivity (Wildman–Crippen MR) is 103 cm³/mol. The summed E-state index contributed by atoms with van der Waals surface area (Å²) in [5, 5.41) is 6.85.